The molecule has 21 heavy (non-hydrogen) atoms. The summed E-state index contributed by atoms with van der Waals surface area (Å²) in [7, 11) is 0. The third-order valence-corrected chi connectivity index (χ3v) is 4.36. The van der Waals surface area contributed by atoms with Gasteiger partial charge in [0.2, 0.25) is 0 Å². The van der Waals surface area contributed by atoms with Crippen molar-refractivity contribution in [2.75, 3.05) is 0 Å². The van der Waals surface area contributed by atoms with Gasteiger partial charge in [0.1, 0.15) is 5.82 Å². The van der Waals surface area contributed by atoms with E-state index in [1.807, 2.05) is 13.8 Å². The maximum absolute atomic E-state index is 11.4. The zero-order valence-corrected chi connectivity index (χ0v) is 13.6. The number of aromatic nitrogens is 2. The highest BCUT2D eigenvalue weighted by molar-refractivity contribution is 7.99. The number of carboxylic acid groups (broad SMARTS) is 1. The Morgan fingerprint density at radius 2 is 2.00 bits per heavy atom. The van der Waals surface area contributed by atoms with Crippen molar-refractivity contribution in [2.24, 2.45) is 0 Å². The first-order chi connectivity index (χ1) is 9.88. The molecule has 1 N–H and O–H groups in total. The van der Waals surface area contributed by atoms with Gasteiger partial charge in [0.05, 0.1) is 9.92 Å². The molecule has 0 saturated heterocycles. The third kappa shape index (κ3) is 3.87. The molecule has 0 aliphatic heterocycles. The summed E-state index contributed by atoms with van der Waals surface area (Å²) in [6.45, 7) is 3.81. The summed E-state index contributed by atoms with van der Waals surface area (Å²) in [5, 5.41) is 10.3. The molecule has 0 aliphatic carbocycles. The van der Waals surface area contributed by atoms with E-state index in [4.69, 9.17) is 23.2 Å². The van der Waals surface area contributed by atoms with Gasteiger partial charge in [0.15, 0.2) is 5.69 Å². The van der Waals surface area contributed by atoms with Crippen molar-refractivity contribution >= 4 is 40.9 Å². The van der Waals surface area contributed by atoms with E-state index >= 15 is 0 Å². The van der Waals surface area contributed by atoms with E-state index < -0.39 is 5.97 Å². The van der Waals surface area contributed by atoms with Crippen LogP contribution in [-0.4, -0.2) is 21.0 Å². The van der Waals surface area contributed by atoms with E-state index in [2.05, 4.69) is 9.97 Å². The molecule has 2 aromatic rings. The molecule has 1 heterocycles. The lowest BCUT2D eigenvalue weighted by molar-refractivity contribution is 0.0685. The maximum atomic E-state index is 11.4. The lowest BCUT2D eigenvalue weighted by Gasteiger charge is -2.09. The van der Waals surface area contributed by atoms with Crippen LogP contribution in [0.5, 0.6) is 0 Å². The average Bonchev–Trinajstić information content (AvgIpc) is 2.42. The smallest absolute Gasteiger partial charge is 0.355 e. The normalized spacial score (nSPS) is 10.9. The van der Waals surface area contributed by atoms with Crippen molar-refractivity contribution in [2.45, 2.75) is 29.6 Å². The second-order valence-electron chi connectivity index (χ2n) is 4.58. The molecule has 0 saturated carbocycles. The van der Waals surface area contributed by atoms with Crippen LogP contribution in [-0.2, 0) is 0 Å². The molecule has 0 amide bonds. The van der Waals surface area contributed by atoms with Crippen LogP contribution in [0.1, 0.15) is 36.1 Å². The predicted molar refractivity (Wildman–Crippen MR) is 83.7 cm³/mol. The molecule has 110 valence electrons. The van der Waals surface area contributed by atoms with Gasteiger partial charge >= 0.3 is 5.97 Å². The van der Waals surface area contributed by atoms with Gasteiger partial charge in [-0.1, -0.05) is 48.8 Å². The van der Waals surface area contributed by atoms with Gasteiger partial charge in [-0.3, -0.25) is 0 Å². The topological polar surface area (TPSA) is 63.1 Å². The van der Waals surface area contributed by atoms with E-state index in [1.165, 1.54) is 18.0 Å². The molecule has 0 spiro atoms. The molecule has 0 fully saturated rings. The Morgan fingerprint density at radius 1 is 1.29 bits per heavy atom. The highest BCUT2D eigenvalue weighted by Gasteiger charge is 2.17. The van der Waals surface area contributed by atoms with Gasteiger partial charge < -0.3 is 5.11 Å². The number of hydrogen-bond acceptors (Lipinski definition) is 4. The van der Waals surface area contributed by atoms with E-state index in [0.29, 0.717) is 25.7 Å². The molecule has 2 rings (SSSR count). The zero-order chi connectivity index (χ0) is 15.6. The summed E-state index contributed by atoms with van der Waals surface area (Å²) in [4.78, 5) is 20.8. The van der Waals surface area contributed by atoms with Crippen molar-refractivity contribution in [1.29, 1.82) is 0 Å². The highest BCUT2D eigenvalue weighted by Crippen LogP contribution is 2.36. The molecule has 0 radical (unpaired) electrons. The number of nitrogens with zero attached hydrogens (tertiary/aromatic N) is 2. The van der Waals surface area contributed by atoms with Gasteiger partial charge in [0, 0.05) is 22.0 Å². The molecule has 1 aromatic carbocycles. The minimum absolute atomic E-state index is 0.0326. The summed E-state index contributed by atoms with van der Waals surface area (Å²) in [5.41, 5.74) is -0.0326. The van der Waals surface area contributed by atoms with Crippen LogP contribution in [0, 0.1) is 0 Å². The van der Waals surface area contributed by atoms with Crippen LogP contribution in [0.2, 0.25) is 10.0 Å². The van der Waals surface area contributed by atoms with Crippen LogP contribution >= 0.6 is 35.0 Å². The Hall–Kier alpha value is -1.30. The molecule has 1 aromatic heterocycles. The molecular weight excluding hydrogens is 331 g/mol. The van der Waals surface area contributed by atoms with E-state index in [1.54, 1.807) is 18.2 Å². The van der Waals surface area contributed by atoms with Gasteiger partial charge in [-0.05, 0) is 18.2 Å². The van der Waals surface area contributed by atoms with Crippen LogP contribution in [0.4, 0.5) is 0 Å². The second-order valence-corrected chi connectivity index (χ2v) is 6.51. The summed E-state index contributed by atoms with van der Waals surface area (Å²) in [6.07, 6.45) is 1.51. The predicted octanol–water partition coefficient (Wildman–Crippen LogP) is 4.76. The molecule has 0 aliphatic rings. The quantitative estimate of drug-likeness (QED) is 0.867. The monoisotopic (exact) mass is 342 g/mol. The summed E-state index contributed by atoms with van der Waals surface area (Å²) in [6, 6.07) is 5.01. The Kier molecular flexibility index (Phi) is 5.08. The van der Waals surface area contributed by atoms with Crippen LogP contribution in [0.15, 0.2) is 34.2 Å². The highest BCUT2D eigenvalue weighted by atomic mass is 35.5. The van der Waals surface area contributed by atoms with Crippen LogP contribution in [0.3, 0.4) is 0 Å². The molecular formula is C14H12Cl2N2O2S. The fourth-order valence-corrected chi connectivity index (χ4v) is 2.96. The Bertz CT molecular complexity index is 693. The SMILES string of the molecule is CC(C)c1ncc(Sc2cc(Cl)ccc2Cl)c(C(=O)O)n1. The van der Waals surface area contributed by atoms with E-state index in [0.717, 1.165) is 0 Å². The largest absolute Gasteiger partial charge is 0.476 e. The van der Waals surface area contributed by atoms with E-state index in [-0.39, 0.29) is 11.6 Å². The Morgan fingerprint density at radius 3 is 2.62 bits per heavy atom. The minimum atomic E-state index is -1.10. The second kappa shape index (κ2) is 6.64. The summed E-state index contributed by atoms with van der Waals surface area (Å²) < 4.78 is 0. The number of halogens is 2. The fourth-order valence-electron chi connectivity index (χ4n) is 1.56. The molecule has 4 nitrogen and oxygen atoms in total. The van der Waals surface area contributed by atoms with Gasteiger partial charge in [-0.25, -0.2) is 14.8 Å². The van der Waals surface area contributed by atoms with Gasteiger partial charge in [0.25, 0.3) is 0 Å². The fraction of sp³-hybridized carbons (Fsp3) is 0.214. The van der Waals surface area contributed by atoms with E-state index in [9.17, 15) is 9.90 Å². The number of rotatable bonds is 4. The molecule has 0 bridgehead atoms. The van der Waals surface area contributed by atoms with Crippen molar-refractivity contribution in [1.82, 2.24) is 9.97 Å². The first kappa shape index (κ1) is 16.1. The first-order valence-corrected chi connectivity index (χ1v) is 7.69. The number of carbonyl (C=O) groups is 1. The first-order valence-electron chi connectivity index (χ1n) is 6.11. The molecule has 0 atom stereocenters. The summed E-state index contributed by atoms with van der Waals surface area (Å²) in [5.74, 6) is -0.550. The van der Waals surface area contributed by atoms with Crippen molar-refractivity contribution < 1.29 is 9.90 Å². The summed E-state index contributed by atoms with van der Waals surface area (Å²) >= 11 is 13.2. The van der Waals surface area contributed by atoms with Crippen molar-refractivity contribution in [3.05, 3.63) is 46.0 Å². The lowest BCUT2D eigenvalue weighted by atomic mass is 10.2. The Balaban J connectivity index is 2.44. The maximum Gasteiger partial charge on any atom is 0.355 e. The zero-order valence-electron chi connectivity index (χ0n) is 11.3. The average molecular weight is 343 g/mol. The van der Waals surface area contributed by atoms with Crippen molar-refractivity contribution in [3.63, 3.8) is 0 Å². The molecule has 7 heteroatoms. The van der Waals surface area contributed by atoms with Crippen LogP contribution in [0.25, 0.3) is 0 Å². The number of benzene rings is 1. The number of hydrogen-bond donors (Lipinski definition) is 1. The van der Waals surface area contributed by atoms with Gasteiger partial charge in [-0.15, -0.1) is 0 Å². The third-order valence-electron chi connectivity index (χ3n) is 2.61. The number of aromatic carboxylic acids is 1. The Labute approximate surface area is 136 Å². The van der Waals surface area contributed by atoms with Crippen LogP contribution < -0.4 is 0 Å². The lowest BCUT2D eigenvalue weighted by Crippen LogP contribution is -2.08. The van der Waals surface area contributed by atoms with Gasteiger partial charge in [-0.2, -0.15) is 0 Å². The minimum Gasteiger partial charge on any atom is -0.476 e. The van der Waals surface area contributed by atoms with Crippen molar-refractivity contribution in [3.8, 4) is 0 Å². The molecule has 0 unspecified atom stereocenters. The number of carboxylic acids is 1. The standard InChI is InChI=1S/C14H12Cl2N2O2S/c1-7(2)13-17-6-11(12(18-13)14(19)20)21-10-5-8(15)3-4-9(10)16/h3-7H,1-2H3,(H,19,20).